The molecule has 3 nitrogen and oxygen atoms in total. The summed E-state index contributed by atoms with van der Waals surface area (Å²) in [6.07, 6.45) is 1.64. The van der Waals surface area contributed by atoms with Gasteiger partial charge in [0, 0.05) is 21.6 Å². The fourth-order valence-corrected chi connectivity index (χ4v) is 3.69. The van der Waals surface area contributed by atoms with Crippen LogP contribution in [0.4, 0.5) is 4.39 Å². The Kier molecular flexibility index (Phi) is 4.45. The molecule has 1 heterocycles. The zero-order valence-corrected chi connectivity index (χ0v) is 14.5. The van der Waals surface area contributed by atoms with Crippen molar-refractivity contribution in [1.29, 1.82) is 0 Å². The van der Waals surface area contributed by atoms with E-state index in [9.17, 15) is 9.18 Å². The number of halogens is 2. The van der Waals surface area contributed by atoms with Crippen molar-refractivity contribution < 1.29 is 9.18 Å². The van der Waals surface area contributed by atoms with Crippen molar-refractivity contribution in [2.75, 3.05) is 0 Å². The van der Waals surface area contributed by atoms with Crippen molar-refractivity contribution in [3.05, 3.63) is 34.1 Å². The average molecular weight is 357 g/mol. The molecule has 2 N–H and O–H groups in total. The number of nitrogens with one attached hydrogen (secondary N) is 2. The summed E-state index contributed by atoms with van der Waals surface area (Å²) in [5.74, 6) is -0.854. The summed E-state index contributed by atoms with van der Waals surface area (Å²) in [5.41, 5.74) is -0.0250. The minimum atomic E-state index is -0.505. The Morgan fingerprint density at radius 2 is 1.86 bits per heavy atom. The van der Waals surface area contributed by atoms with Crippen molar-refractivity contribution in [3.8, 4) is 0 Å². The van der Waals surface area contributed by atoms with Gasteiger partial charge in [0.1, 0.15) is 5.82 Å². The van der Waals surface area contributed by atoms with E-state index in [1.807, 2.05) is 0 Å². The smallest absolute Gasteiger partial charge is 0.254 e. The van der Waals surface area contributed by atoms with Crippen LogP contribution in [0.2, 0.25) is 0 Å². The van der Waals surface area contributed by atoms with Crippen LogP contribution in [0.15, 0.2) is 22.7 Å². The highest BCUT2D eigenvalue weighted by molar-refractivity contribution is 9.10. The fraction of sp³-hybridized carbons (Fsp3) is 0.562. The van der Waals surface area contributed by atoms with Crippen LogP contribution in [0.5, 0.6) is 0 Å². The van der Waals surface area contributed by atoms with Crippen LogP contribution in [0, 0.1) is 5.82 Å². The van der Waals surface area contributed by atoms with Crippen molar-refractivity contribution in [2.45, 2.75) is 57.7 Å². The Morgan fingerprint density at radius 3 is 2.38 bits per heavy atom. The molecule has 2 rings (SSSR count). The zero-order chi connectivity index (χ0) is 15.8. The van der Waals surface area contributed by atoms with E-state index in [4.69, 9.17) is 0 Å². The highest BCUT2D eigenvalue weighted by Crippen LogP contribution is 2.28. The standard InChI is InChI=1S/C16H22BrFN2O/c1-15(2)8-11(9-16(3,4)20-15)19-14(21)12-6-5-10(17)7-13(12)18/h5-7,11,20H,8-9H2,1-4H3,(H,19,21). The number of hydrogen-bond donors (Lipinski definition) is 2. The van der Waals surface area contributed by atoms with E-state index in [2.05, 4.69) is 54.3 Å². The molecule has 1 saturated heterocycles. The van der Waals surface area contributed by atoms with Gasteiger partial charge in [-0.05, 0) is 58.7 Å². The molecule has 0 unspecified atom stereocenters. The lowest BCUT2D eigenvalue weighted by atomic mass is 9.79. The first kappa shape index (κ1) is 16.4. The normalized spacial score (nSPS) is 21.0. The number of hydrogen-bond acceptors (Lipinski definition) is 2. The van der Waals surface area contributed by atoms with E-state index < -0.39 is 5.82 Å². The molecule has 21 heavy (non-hydrogen) atoms. The highest BCUT2D eigenvalue weighted by atomic mass is 79.9. The minimum absolute atomic E-state index is 0.0341. The van der Waals surface area contributed by atoms with Gasteiger partial charge in [0.2, 0.25) is 0 Å². The third-order valence-corrected chi connectivity index (χ3v) is 4.19. The summed E-state index contributed by atoms with van der Waals surface area (Å²) in [5, 5.41) is 6.53. The molecule has 1 amide bonds. The number of carbonyl (C=O) groups excluding carboxylic acids is 1. The Morgan fingerprint density at radius 1 is 1.29 bits per heavy atom. The number of rotatable bonds is 2. The van der Waals surface area contributed by atoms with Crippen molar-refractivity contribution in [1.82, 2.24) is 10.6 Å². The number of piperidine rings is 1. The van der Waals surface area contributed by atoms with Crippen LogP contribution < -0.4 is 10.6 Å². The van der Waals surface area contributed by atoms with Crippen LogP contribution in [0.1, 0.15) is 50.9 Å². The van der Waals surface area contributed by atoms with Crippen molar-refractivity contribution >= 4 is 21.8 Å². The molecule has 1 aromatic rings. The Labute approximate surface area is 133 Å². The molecule has 1 fully saturated rings. The van der Waals surface area contributed by atoms with Crippen LogP contribution in [0.3, 0.4) is 0 Å². The van der Waals surface area contributed by atoms with Crippen LogP contribution >= 0.6 is 15.9 Å². The third kappa shape index (κ3) is 4.27. The van der Waals surface area contributed by atoms with Gasteiger partial charge in [0.25, 0.3) is 5.91 Å². The second-order valence-corrected chi connectivity index (χ2v) is 8.01. The van der Waals surface area contributed by atoms with E-state index >= 15 is 0 Å². The monoisotopic (exact) mass is 356 g/mol. The molecule has 0 bridgehead atoms. The SMILES string of the molecule is CC1(C)CC(NC(=O)c2ccc(Br)cc2F)CC(C)(C)N1. The maximum atomic E-state index is 13.9. The van der Waals surface area contributed by atoms with Crippen LogP contribution in [0.25, 0.3) is 0 Å². The molecular formula is C16H22BrFN2O. The first-order chi connectivity index (χ1) is 9.58. The molecule has 5 heteroatoms. The summed E-state index contributed by atoms with van der Waals surface area (Å²) in [6, 6.07) is 4.53. The van der Waals surface area contributed by atoms with Crippen molar-refractivity contribution in [3.63, 3.8) is 0 Å². The third-order valence-electron chi connectivity index (χ3n) is 3.70. The topological polar surface area (TPSA) is 41.1 Å². The minimum Gasteiger partial charge on any atom is -0.349 e. The van der Waals surface area contributed by atoms with Gasteiger partial charge in [-0.25, -0.2) is 4.39 Å². The summed E-state index contributed by atoms with van der Waals surface area (Å²) < 4.78 is 14.5. The highest BCUT2D eigenvalue weighted by Gasteiger charge is 2.38. The molecular weight excluding hydrogens is 335 g/mol. The van der Waals surface area contributed by atoms with E-state index in [0.717, 1.165) is 12.8 Å². The summed E-state index contributed by atoms with van der Waals surface area (Å²) in [6.45, 7) is 8.47. The van der Waals surface area contributed by atoms with Crippen molar-refractivity contribution in [2.24, 2.45) is 0 Å². The number of carbonyl (C=O) groups is 1. The second kappa shape index (κ2) is 5.69. The van der Waals surface area contributed by atoms with Gasteiger partial charge < -0.3 is 10.6 Å². The number of amides is 1. The van der Waals surface area contributed by atoms with Gasteiger partial charge in [-0.15, -0.1) is 0 Å². The lowest BCUT2D eigenvalue weighted by Crippen LogP contribution is -2.62. The fourth-order valence-electron chi connectivity index (χ4n) is 3.36. The molecule has 1 aliphatic rings. The van der Waals surface area contributed by atoms with Gasteiger partial charge in [0.05, 0.1) is 5.56 Å². The van der Waals surface area contributed by atoms with E-state index in [0.29, 0.717) is 4.47 Å². The zero-order valence-electron chi connectivity index (χ0n) is 12.9. The van der Waals surface area contributed by atoms with Gasteiger partial charge >= 0.3 is 0 Å². The Hall–Kier alpha value is -0.940. The largest absolute Gasteiger partial charge is 0.349 e. The lowest BCUT2D eigenvalue weighted by molar-refractivity contribution is 0.0869. The Balaban J connectivity index is 2.12. The summed E-state index contributed by atoms with van der Waals surface area (Å²) >= 11 is 3.19. The summed E-state index contributed by atoms with van der Waals surface area (Å²) in [4.78, 5) is 12.3. The number of benzene rings is 1. The second-order valence-electron chi connectivity index (χ2n) is 7.10. The van der Waals surface area contributed by atoms with Crippen LogP contribution in [-0.4, -0.2) is 23.0 Å². The molecule has 0 aliphatic carbocycles. The Bertz CT molecular complexity index is 541. The molecule has 0 atom stereocenters. The molecule has 0 saturated carbocycles. The maximum Gasteiger partial charge on any atom is 0.254 e. The first-order valence-corrected chi connectivity index (χ1v) is 7.93. The molecule has 1 aliphatic heterocycles. The van der Waals surface area contributed by atoms with Gasteiger partial charge in [0.15, 0.2) is 0 Å². The van der Waals surface area contributed by atoms with E-state index in [-0.39, 0.29) is 28.6 Å². The van der Waals surface area contributed by atoms with Gasteiger partial charge in [-0.1, -0.05) is 15.9 Å². The molecule has 0 radical (unpaired) electrons. The molecule has 116 valence electrons. The maximum absolute atomic E-state index is 13.9. The van der Waals surface area contributed by atoms with E-state index in [1.54, 1.807) is 6.07 Å². The predicted molar refractivity (Wildman–Crippen MR) is 85.9 cm³/mol. The first-order valence-electron chi connectivity index (χ1n) is 7.13. The summed E-state index contributed by atoms with van der Waals surface area (Å²) in [7, 11) is 0. The van der Waals surface area contributed by atoms with E-state index in [1.165, 1.54) is 12.1 Å². The average Bonchev–Trinajstić information content (AvgIpc) is 2.23. The quantitative estimate of drug-likeness (QED) is 0.849. The van der Waals surface area contributed by atoms with Crippen LogP contribution in [-0.2, 0) is 0 Å². The van der Waals surface area contributed by atoms with Gasteiger partial charge in [-0.2, -0.15) is 0 Å². The molecule has 0 spiro atoms. The molecule has 1 aromatic carbocycles. The molecule has 0 aromatic heterocycles. The lowest BCUT2D eigenvalue weighted by Gasteiger charge is -2.46. The van der Waals surface area contributed by atoms with Gasteiger partial charge in [-0.3, -0.25) is 4.79 Å². The predicted octanol–water partition coefficient (Wildman–Crippen LogP) is 3.63.